The van der Waals surface area contributed by atoms with E-state index < -0.39 is 0 Å². The zero-order chi connectivity index (χ0) is 23.5. The van der Waals surface area contributed by atoms with Crippen LogP contribution in [0.5, 0.6) is 5.75 Å². The van der Waals surface area contributed by atoms with Crippen LogP contribution in [-0.4, -0.2) is 28.6 Å². The monoisotopic (exact) mass is 450 g/mol. The van der Waals surface area contributed by atoms with Crippen molar-refractivity contribution in [3.05, 3.63) is 53.4 Å². The number of carbonyl (C=O) groups excluding carboxylic acids is 1. The van der Waals surface area contributed by atoms with Gasteiger partial charge in [0.2, 0.25) is 0 Å². The van der Waals surface area contributed by atoms with Crippen LogP contribution in [0.4, 0.5) is 0 Å². The van der Waals surface area contributed by atoms with Crippen LogP contribution >= 0.6 is 0 Å². The first kappa shape index (κ1) is 24.9. The maximum atomic E-state index is 11.8. The second-order valence-electron chi connectivity index (χ2n) is 9.19. The number of esters is 1. The smallest absolute Gasteiger partial charge is 0.334 e. The van der Waals surface area contributed by atoms with Crippen LogP contribution < -0.4 is 4.74 Å². The first-order chi connectivity index (χ1) is 16.1. The van der Waals surface area contributed by atoms with Gasteiger partial charge in [-0.05, 0) is 56.5 Å². The van der Waals surface area contributed by atoms with Gasteiger partial charge in [-0.2, -0.15) is 0 Å². The lowest BCUT2D eigenvalue weighted by molar-refractivity contribution is -0.139. The molecule has 0 amide bonds. The molecule has 0 spiro atoms. The van der Waals surface area contributed by atoms with E-state index in [0.717, 1.165) is 34.7 Å². The van der Waals surface area contributed by atoms with Crippen molar-refractivity contribution < 1.29 is 14.3 Å². The van der Waals surface area contributed by atoms with Crippen LogP contribution in [0.2, 0.25) is 0 Å². The molecule has 0 saturated carbocycles. The maximum Gasteiger partial charge on any atom is 0.334 e. The Morgan fingerprint density at radius 2 is 1.61 bits per heavy atom. The van der Waals surface area contributed by atoms with Gasteiger partial charge < -0.3 is 9.47 Å². The van der Waals surface area contributed by atoms with E-state index in [0.29, 0.717) is 13.0 Å². The number of unbranched alkanes of at least 4 members (excludes halogenated alkanes) is 7. The Hall–Kier alpha value is -2.69. The number of hydrogen-bond acceptors (Lipinski definition) is 5. The topological polar surface area (TPSA) is 61.3 Å². The summed E-state index contributed by atoms with van der Waals surface area (Å²) in [6.07, 6.45) is 15.9. The number of benzene rings is 1. The Kier molecular flexibility index (Phi) is 9.92. The predicted molar refractivity (Wildman–Crippen MR) is 132 cm³/mol. The highest BCUT2D eigenvalue weighted by Gasteiger charge is 2.30. The molecule has 2 heterocycles. The molecule has 1 aliphatic rings. The molecule has 1 saturated heterocycles. The summed E-state index contributed by atoms with van der Waals surface area (Å²) in [5, 5.41) is 0. The quantitative estimate of drug-likeness (QED) is 0.190. The molecule has 178 valence electrons. The number of aryl methyl sites for hydroxylation is 1. The summed E-state index contributed by atoms with van der Waals surface area (Å²) < 4.78 is 11.2. The van der Waals surface area contributed by atoms with Gasteiger partial charge in [-0.15, -0.1) is 0 Å². The Bertz CT molecular complexity index is 900. The van der Waals surface area contributed by atoms with E-state index in [1.54, 1.807) is 0 Å². The third kappa shape index (κ3) is 7.99. The largest absolute Gasteiger partial charge is 0.490 e. The molecule has 1 aromatic heterocycles. The third-order valence-corrected chi connectivity index (χ3v) is 6.13. The summed E-state index contributed by atoms with van der Waals surface area (Å²) in [7, 11) is 0. The minimum Gasteiger partial charge on any atom is -0.490 e. The van der Waals surface area contributed by atoms with Gasteiger partial charge in [0.15, 0.2) is 5.82 Å². The molecule has 1 fully saturated rings. The molecular weight excluding hydrogens is 412 g/mol. The second kappa shape index (κ2) is 13.1. The fourth-order valence-corrected chi connectivity index (χ4v) is 4.06. The lowest BCUT2D eigenvalue weighted by Crippen LogP contribution is -2.17. The normalized spacial score (nSPS) is 15.5. The van der Waals surface area contributed by atoms with E-state index in [1.807, 2.05) is 50.5 Å². The molecule has 1 atom stereocenters. The molecule has 0 bridgehead atoms. The van der Waals surface area contributed by atoms with Crippen molar-refractivity contribution in [3.8, 4) is 17.1 Å². The number of allylic oxidation sites excluding steroid dienone is 1. The standard InChI is InChI=1S/C28H38N2O3/c1-4-5-6-7-8-9-10-11-12-22-18-29-27(30-19-22)23-13-15-24(16-14-23)32-20-25-17-26(21(2)3)28(31)33-25/h13-16,18-19,25H,4-12,17,20H2,1-3H3. The van der Waals surface area contributed by atoms with Gasteiger partial charge in [0, 0.05) is 30.0 Å². The van der Waals surface area contributed by atoms with Crippen molar-refractivity contribution >= 4 is 5.97 Å². The summed E-state index contributed by atoms with van der Waals surface area (Å²) in [5.41, 5.74) is 3.93. The van der Waals surface area contributed by atoms with Crippen molar-refractivity contribution in [1.29, 1.82) is 0 Å². The Balaban J connectivity index is 1.40. The van der Waals surface area contributed by atoms with Crippen LogP contribution in [0.1, 0.15) is 84.1 Å². The molecule has 1 unspecified atom stereocenters. The SMILES string of the molecule is CCCCCCCCCCc1cnc(-c2ccc(OCC3CC(=C(C)C)C(=O)O3)cc2)nc1. The summed E-state index contributed by atoms with van der Waals surface area (Å²) in [6.45, 7) is 6.48. The number of cyclic esters (lactones) is 1. The Morgan fingerprint density at radius 3 is 2.21 bits per heavy atom. The van der Waals surface area contributed by atoms with E-state index in [-0.39, 0.29) is 12.1 Å². The molecule has 3 rings (SSSR count). The number of aromatic nitrogens is 2. The van der Waals surface area contributed by atoms with Gasteiger partial charge in [-0.3, -0.25) is 0 Å². The number of nitrogens with zero attached hydrogens (tertiary/aromatic N) is 2. The molecule has 0 N–H and O–H groups in total. The van der Waals surface area contributed by atoms with Crippen LogP contribution in [0, 0.1) is 0 Å². The number of ether oxygens (including phenoxy) is 2. The predicted octanol–water partition coefficient (Wildman–Crippen LogP) is 6.86. The van der Waals surface area contributed by atoms with Crippen LogP contribution in [0.3, 0.4) is 0 Å². The Morgan fingerprint density at radius 1 is 0.970 bits per heavy atom. The van der Waals surface area contributed by atoms with Crippen molar-refractivity contribution in [1.82, 2.24) is 9.97 Å². The molecule has 2 aromatic rings. The van der Waals surface area contributed by atoms with Gasteiger partial charge in [-0.25, -0.2) is 14.8 Å². The molecule has 33 heavy (non-hydrogen) atoms. The van der Waals surface area contributed by atoms with E-state index in [9.17, 15) is 4.79 Å². The van der Waals surface area contributed by atoms with Crippen molar-refractivity contribution in [3.63, 3.8) is 0 Å². The third-order valence-electron chi connectivity index (χ3n) is 6.13. The zero-order valence-electron chi connectivity index (χ0n) is 20.4. The fourth-order valence-electron chi connectivity index (χ4n) is 4.06. The van der Waals surface area contributed by atoms with E-state index in [4.69, 9.17) is 9.47 Å². The van der Waals surface area contributed by atoms with E-state index in [1.165, 1.54) is 56.9 Å². The van der Waals surface area contributed by atoms with Crippen molar-refractivity contribution in [2.24, 2.45) is 0 Å². The van der Waals surface area contributed by atoms with Crippen molar-refractivity contribution in [2.45, 2.75) is 91.1 Å². The molecular formula is C28H38N2O3. The zero-order valence-corrected chi connectivity index (χ0v) is 20.4. The van der Waals surface area contributed by atoms with Crippen LogP contribution in [-0.2, 0) is 16.0 Å². The molecule has 5 nitrogen and oxygen atoms in total. The number of hydrogen-bond donors (Lipinski definition) is 0. The molecule has 5 heteroatoms. The summed E-state index contributed by atoms with van der Waals surface area (Å²) in [4.78, 5) is 21.0. The molecule has 1 aliphatic heterocycles. The molecule has 0 aliphatic carbocycles. The highest BCUT2D eigenvalue weighted by molar-refractivity contribution is 5.91. The van der Waals surface area contributed by atoms with Gasteiger partial charge >= 0.3 is 5.97 Å². The minimum absolute atomic E-state index is 0.220. The molecule has 0 radical (unpaired) electrons. The first-order valence-electron chi connectivity index (χ1n) is 12.5. The van der Waals surface area contributed by atoms with E-state index >= 15 is 0 Å². The van der Waals surface area contributed by atoms with Gasteiger partial charge in [0.05, 0.1) is 0 Å². The van der Waals surface area contributed by atoms with Crippen LogP contribution in [0.25, 0.3) is 11.4 Å². The number of rotatable bonds is 13. The fraction of sp³-hybridized carbons (Fsp3) is 0.536. The maximum absolute atomic E-state index is 11.8. The molecule has 1 aromatic carbocycles. The van der Waals surface area contributed by atoms with Crippen LogP contribution in [0.15, 0.2) is 47.8 Å². The summed E-state index contributed by atoms with van der Waals surface area (Å²) in [5.74, 6) is 1.24. The summed E-state index contributed by atoms with van der Waals surface area (Å²) >= 11 is 0. The lowest BCUT2D eigenvalue weighted by atomic mass is 10.1. The number of carbonyl (C=O) groups is 1. The van der Waals surface area contributed by atoms with E-state index in [2.05, 4.69) is 16.9 Å². The highest BCUT2D eigenvalue weighted by atomic mass is 16.6. The second-order valence-corrected chi connectivity index (χ2v) is 9.19. The van der Waals surface area contributed by atoms with Gasteiger partial charge in [0.1, 0.15) is 18.5 Å². The summed E-state index contributed by atoms with van der Waals surface area (Å²) in [6, 6.07) is 7.74. The van der Waals surface area contributed by atoms with Crippen molar-refractivity contribution in [2.75, 3.05) is 6.61 Å². The average Bonchev–Trinajstić information content (AvgIpc) is 3.21. The first-order valence-corrected chi connectivity index (χ1v) is 12.5. The van der Waals surface area contributed by atoms with Gasteiger partial charge in [-0.1, -0.05) is 57.4 Å². The Labute approximate surface area is 198 Å². The average molecular weight is 451 g/mol. The minimum atomic E-state index is -0.223. The highest BCUT2D eigenvalue weighted by Crippen LogP contribution is 2.25. The van der Waals surface area contributed by atoms with Gasteiger partial charge in [0.25, 0.3) is 0 Å². The lowest BCUT2D eigenvalue weighted by Gasteiger charge is -2.11.